The first-order valence-electron chi connectivity index (χ1n) is 15.6. The van der Waals surface area contributed by atoms with Gasteiger partial charge in [-0.3, -0.25) is 9.59 Å². The maximum absolute atomic E-state index is 13.8. The number of hydrogen-bond donors (Lipinski definition) is 3. The van der Waals surface area contributed by atoms with Crippen LogP contribution in [0.4, 0.5) is 0 Å². The van der Waals surface area contributed by atoms with Crippen molar-refractivity contribution in [2.75, 3.05) is 6.61 Å². The first-order chi connectivity index (χ1) is 21.1. The molecule has 4 aliphatic carbocycles. The minimum Gasteiger partial charge on any atom is -0.393 e. The third-order valence-corrected chi connectivity index (χ3v) is 12.6. The van der Waals surface area contributed by atoms with Crippen LogP contribution >= 0.6 is 11.8 Å². The summed E-state index contributed by atoms with van der Waals surface area (Å²) in [5, 5.41) is 31.3. The molecule has 0 bridgehead atoms. The number of rotatable bonds is 7. The van der Waals surface area contributed by atoms with Gasteiger partial charge in [0.1, 0.15) is 6.61 Å². The lowest BCUT2D eigenvalue weighted by Gasteiger charge is -2.59. The average Bonchev–Trinajstić information content (AvgIpc) is 3.53. The molecule has 7 rings (SSSR count). The molecule has 5 aliphatic rings. The lowest BCUT2D eigenvalue weighted by Crippen LogP contribution is -2.63. The molecule has 0 aromatic heterocycles. The summed E-state index contributed by atoms with van der Waals surface area (Å²) in [6.45, 7) is 3.57. The third kappa shape index (κ3) is 4.44. The van der Waals surface area contributed by atoms with E-state index < -0.39 is 41.5 Å². The van der Waals surface area contributed by atoms with E-state index in [0.29, 0.717) is 12.8 Å². The zero-order valence-electron chi connectivity index (χ0n) is 25.1. The van der Waals surface area contributed by atoms with Crippen LogP contribution in [0.2, 0.25) is 0 Å². The number of Topliss-reactive ketones (excluding diaryl/α,β-unsaturated/α-hetero) is 1. The summed E-state index contributed by atoms with van der Waals surface area (Å²) >= 11 is 1.71. The number of benzene rings is 2. The molecule has 0 amide bonds. The average molecular weight is 617 g/mol. The van der Waals surface area contributed by atoms with Gasteiger partial charge in [0, 0.05) is 33.0 Å². The van der Waals surface area contributed by atoms with E-state index in [0.717, 1.165) is 40.2 Å². The normalized spacial score (nSPS) is 38.8. The summed E-state index contributed by atoms with van der Waals surface area (Å²) in [5.41, 5.74) is 1.48. The zero-order chi connectivity index (χ0) is 30.9. The van der Waals surface area contributed by atoms with Gasteiger partial charge >= 0.3 is 0 Å². The molecule has 9 atom stereocenters. The van der Waals surface area contributed by atoms with Gasteiger partial charge in [-0.05, 0) is 72.9 Å². The van der Waals surface area contributed by atoms with Gasteiger partial charge in [0.2, 0.25) is 0 Å². The Morgan fingerprint density at radius 3 is 2.48 bits per heavy atom. The fourth-order valence-electron chi connectivity index (χ4n) is 9.46. The van der Waals surface area contributed by atoms with E-state index in [4.69, 9.17) is 9.47 Å². The number of ketones is 2. The van der Waals surface area contributed by atoms with Gasteiger partial charge in [-0.25, -0.2) is 0 Å². The smallest absolute Gasteiger partial charge is 0.193 e. The van der Waals surface area contributed by atoms with Crippen LogP contribution in [0.15, 0.2) is 77.2 Å². The molecule has 7 nitrogen and oxygen atoms in total. The number of hydrogen-bond acceptors (Lipinski definition) is 8. The molecular weight excluding hydrogens is 576 g/mol. The maximum Gasteiger partial charge on any atom is 0.193 e. The Bertz CT molecular complexity index is 1520. The third-order valence-electron chi connectivity index (χ3n) is 11.6. The molecule has 4 fully saturated rings. The summed E-state index contributed by atoms with van der Waals surface area (Å²) in [6.07, 6.45) is 5.95. The van der Waals surface area contributed by atoms with E-state index in [-0.39, 0.29) is 35.9 Å². The van der Waals surface area contributed by atoms with E-state index in [1.165, 1.54) is 5.56 Å². The molecule has 3 saturated carbocycles. The largest absolute Gasteiger partial charge is 0.393 e. The first-order valence-corrected chi connectivity index (χ1v) is 16.6. The van der Waals surface area contributed by atoms with Crippen molar-refractivity contribution in [2.45, 2.75) is 80.9 Å². The highest BCUT2D eigenvalue weighted by Gasteiger charge is 2.75. The number of carbonyl (C=O) groups is 2. The highest BCUT2D eigenvalue weighted by atomic mass is 32.2. The summed E-state index contributed by atoms with van der Waals surface area (Å²) < 4.78 is 13.3. The number of fused-ring (bicyclic) bond motifs is 7. The number of carbonyl (C=O) groups excluding carboxylic acids is 2. The Morgan fingerprint density at radius 1 is 1.05 bits per heavy atom. The van der Waals surface area contributed by atoms with Crippen molar-refractivity contribution in [1.82, 2.24) is 0 Å². The molecule has 0 spiro atoms. The van der Waals surface area contributed by atoms with Crippen LogP contribution in [0, 0.1) is 28.6 Å². The summed E-state index contributed by atoms with van der Waals surface area (Å²) in [5.74, 6) is 0.530. The molecule has 8 heteroatoms. The van der Waals surface area contributed by atoms with Crippen molar-refractivity contribution < 1.29 is 34.4 Å². The number of ether oxygens (including phenoxy) is 2. The highest BCUT2D eigenvalue weighted by Crippen LogP contribution is 2.70. The van der Waals surface area contributed by atoms with Crippen molar-refractivity contribution in [3.63, 3.8) is 0 Å². The number of thioether (sulfide) groups is 1. The second kappa shape index (κ2) is 11.0. The quantitative estimate of drug-likeness (QED) is 0.370. The summed E-state index contributed by atoms with van der Waals surface area (Å²) in [6, 6.07) is 15.9. The fourth-order valence-corrected chi connectivity index (χ4v) is 10.3. The molecule has 1 saturated heterocycles. The van der Waals surface area contributed by atoms with Crippen molar-refractivity contribution in [2.24, 2.45) is 28.6 Å². The number of aliphatic hydroxyl groups excluding tert-OH is 3. The molecule has 0 unspecified atom stereocenters. The van der Waals surface area contributed by atoms with Gasteiger partial charge in [0.15, 0.2) is 23.5 Å². The number of allylic oxidation sites excluding steroid dienone is 4. The molecule has 44 heavy (non-hydrogen) atoms. The molecule has 2 aromatic rings. The van der Waals surface area contributed by atoms with Crippen molar-refractivity contribution in [1.29, 1.82) is 0 Å². The second-order valence-corrected chi connectivity index (χ2v) is 14.7. The van der Waals surface area contributed by atoms with Crippen LogP contribution in [0.3, 0.4) is 0 Å². The Hall–Kier alpha value is -2.59. The molecule has 0 radical (unpaired) electrons. The lowest BCUT2D eigenvalue weighted by atomic mass is 9.46. The van der Waals surface area contributed by atoms with Gasteiger partial charge < -0.3 is 24.8 Å². The molecule has 1 aliphatic heterocycles. The Balaban J connectivity index is 1.12. The van der Waals surface area contributed by atoms with Gasteiger partial charge in [-0.1, -0.05) is 61.9 Å². The fraction of sp³-hybridized carbons (Fsp3) is 0.500. The van der Waals surface area contributed by atoms with E-state index in [1.54, 1.807) is 23.9 Å². The van der Waals surface area contributed by atoms with Crippen molar-refractivity contribution in [3.05, 3.63) is 89.0 Å². The maximum atomic E-state index is 13.8. The zero-order valence-corrected chi connectivity index (χ0v) is 26.0. The van der Waals surface area contributed by atoms with Crippen LogP contribution in [-0.2, 0) is 31.4 Å². The van der Waals surface area contributed by atoms with Crippen LogP contribution < -0.4 is 0 Å². The standard InChI is InChI=1S/C36H40O7S/c1-34-14-13-25(39)15-24(34)9-12-27-28-16-31-36(30(41)19-38,35(28,2)17-29(40)32(27)34)43-33(42-31)23-7-10-26(11-8-23)44-20-22-5-3-21(18-37)4-6-22/h3-8,10-11,13-15,27-29,31-33,37-38,40H,9,12,16-20H2,1-2H3/t27-,28-,29-,31+,32+,33+,34-,35-,36+/m0/s1. The van der Waals surface area contributed by atoms with E-state index in [2.05, 4.69) is 13.8 Å². The highest BCUT2D eigenvalue weighted by molar-refractivity contribution is 7.98. The second-order valence-electron chi connectivity index (χ2n) is 13.7. The minimum absolute atomic E-state index is 0.00182. The van der Waals surface area contributed by atoms with E-state index in [9.17, 15) is 24.9 Å². The number of aliphatic hydroxyl groups is 3. The van der Waals surface area contributed by atoms with Crippen molar-refractivity contribution in [3.8, 4) is 0 Å². The van der Waals surface area contributed by atoms with Gasteiger partial charge in [0.05, 0.1) is 18.8 Å². The Kier molecular flexibility index (Phi) is 7.55. The predicted octanol–water partition coefficient (Wildman–Crippen LogP) is 5.07. The Morgan fingerprint density at radius 2 is 1.77 bits per heavy atom. The summed E-state index contributed by atoms with van der Waals surface area (Å²) in [4.78, 5) is 27.0. The van der Waals surface area contributed by atoms with E-state index in [1.807, 2.05) is 54.6 Å². The van der Waals surface area contributed by atoms with Gasteiger partial charge in [-0.2, -0.15) is 0 Å². The van der Waals surface area contributed by atoms with Crippen LogP contribution in [0.25, 0.3) is 0 Å². The molecular formula is C36H40O7S. The topological polar surface area (TPSA) is 113 Å². The van der Waals surface area contributed by atoms with Gasteiger partial charge in [-0.15, -0.1) is 11.8 Å². The monoisotopic (exact) mass is 616 g/mol. The van der Waals surface area contributed by atoms with Gasteiger partial charge in [0.25, 0.3) is 0 Å². The lowest BCUT2D eigenvalue weighted by molar-refractivity contribution is -0.201. The molecule has 232 valence electrons. The first kappa shape index (κ1) is 30.1. The summed E-state index contributed by atoms with van der Waals surface area (Å²) in [7, 11) is 0. The van der Waals surface area contributed by atoms with E-state index >= 15 is 0 Å². The van der Waals surface area contributed by atoms with Crippen LogP contribution in [-0.4, -0.2) is 51.3 Å². The van der Waals surface area contributed by atoms with Crippen LogP contribution in [0.5, 0.6) is 0 Å². The minimum atomic E-state index is -1.35. The van der Waals surface area contributed by atoms with Crippen molar-refractivity contribution >= 4 is 23.3 Å². The predicted molar refractivity (Wildman–Crippen MR) is 165 cm³/mol. The Labute approximate surface area is 262 Å². The SMILES string of the molecule is C[C@]12C=CC(=O)C=C1CC[C@@H]1[C@@H]2[C@@H](O)C[C@@]2(C)[C@H]1C[C@H]1O[C@@H](c3ccc(SCc4ccc(CO)cc4)cc3)O[C@]12C(=O)CO. The molecule has 3 N–H and O–H groups in total. The molecule has 2 aromatic carbocycles. The van der Waals surface area contributed by atoms with Crippen LogP contribution in [0.1, 0.15) is 62.5 Å². The molecule has 1 heterocycles.